The SMILES string of the molecule is C=CC(=O)OC1CCC(C(C)(C)C)CC1.CC(=O)O. The normalized spacial score (nSPS) is 22.7. The Morgan fingerprint density at radius 2 is 1.63 bits per heavy atom. The number of esters is 1. The van der Waals surface area contributed by atoms with Crippen molar-refractivity contribution in [3.63, 3.8) is 0 Å². The summed E-state index contributed by atoms with van der Waals surface area (Å²) >= 11 is 0. The van der Waals surface area contributed by atoms with Crippen molar-refractivity contribution in [2.24, 2.45) is 11.3 Å². The average Bonchev–Trinajstić information content (AvgIpc) is 2.27. The molecule has 0 aromatic heterocycles. The minimum Gasteiger partial charge on any atom is -0.481 e. The van der Waals surface area contributed by atoms with Gasteiger partial charge < -0.3 is 9.84 Å². The van der Waals surface area contributed by atoms with Gasteiger partial charge in [0.05, 0.1) is 0 Å². The molecule has 0 aromatic rings. The summed E-state index contributed by atoms with van der Waals surface area (Å²) in [5.41, 5.74) is 0.382. The molecule has 1 aliphatic carbocycles. The van der Waals surface area contributed by atoms with Gasteiger partial charge in [-0.3, -0.25) is 4.79 Å². The van der Waals surface area contributed by atoms with Crippen molar-refractivity contribution in [2.75, 3.05) is 0 Å². The summed E-state index contributed by atoms with van der Waals surface area (Å²) in [5, 5.41) is 7.42. The summed E-state index contributed by atoms with van der Waals surface area (Å²) in [6.45, 7) is 11.3. The lowest BCUT2D eigenvalue weighted by Crippen LogP contribution is -2.30. The highest BCUT2D eigenvalue weighted by Crippen LogP contribution is 2.38. The number of ether oxygens (including phenoxy) is 1. The van der Waals surface area contributed by atoms with Crippen LogP contribution in [0.15, 0.2) is 12.7 Å². The number of aliphatic carboxylic acids is 1. The molecule has 1 aliphatic rings. The van der Waals surface area contributed by atoms with Gasteiger partial charge in [0, 0.05) is 13.0 Å². The van der Waals surface area contributed by atoms with Crippen LogP contribution in [-0.4, -0.2) is 23.1 Å². The molecule has 0 heterocycles. The van der Waals surface area contributed by atoms with Gasteiger partial charge in [0.2, 0.25) is 0 Å². The number of hydrogen-bond donors (Lipinski definition) is 1. The molecule has 0 saturated heterocycles. The van der Waals surface area contributed by atoms with E-state index in [2.05, 4.69) is 27.4 Å². The molecular formula is C15H26O4. The lowest BCUT2D eigenvalue weighted by molar-refractivity contribution is -0.145. The first-order chi connectivity index (χ1) is 8.66. The summed E-state index contributed by atoms with van der Waals surface area (Å²) < 4.78 is 5.24. The molecule has 1 rings (SSSR count). The molecule has 19 heavy (non-hydrogen) atoms. The van der Waals surface area contributed by atoms with Crippen LogP contribution in [0.25, 0.3) is 0 Å². The van der Waals surface area contributed by atoms with E-state index in [4.69, 9.17) is 14.6 Å². The molecular weight excluding hydrogens is 244 g/mol. The first-order valence-electron chi connectivity index (χ1n) is 6.69. The predicted octanol–water partition coefficient (Wildman–Crippen LogP) is 3.41. The third-order valence-corrected chi connectivity index (χ3v) is 3.35. The first kappa shape index (κ1) is 17.7. The highest BCUT2D eigenvalue weighted by atomic mass is 16.5. The zero-order chi connectivity index (χ0) is 15.1. The summed E-state index contributed by atoms with van der Waals surface area (Å²) in [6.07, 6.45) is 5.70. The molecule has 0 amide bonds. The summed E-state index contributed by atoms with van der Waals surface area (Å²) in [7, 11) is 0. The highest BCUT2D eigenvalue weighted by Gasteiger charge is 2.30. The van der Waals surface area contributed by atoms with Crippen molar-refractivity contribution >= 4 is 11.9 Å². The van der Waals surface area contributed by atoms with Gasteiger partial charge in [0.25, 0.3) is 5.97 Å². The van der Waals surface area contributed by atoms with Crippen LogP contribution in [0.4, 0.5) is 0 Å². The maximum atomic E-state index is 11.0. The van der Waals surface area contributed by atoms with Crippen molar-refractivity contribution < 1.29 is 19.4 Å². The minimum atomic E-state index is -0.833. The van der Waals surface area contributed by atoms with Crippen LogP contribution in [0, 0.1) is 11.3 Å². The summed E-state index contributed by atoms with van der Waals surface area (Å²) in [5.74, 6) is -0.356. The lowest BCUT2D eigenvalue weighted by atomic mass is 9.72. The Labute approximate surface area is 115 Å². The van der Waals surface area contributed by atoms with Gasteiger partial charge in [0.1, 0.15) is 6.10 Å². The van der Waals surface area contributed by atoms with Gasteiger partial charge in [-0.1, -0.05) is 27.4 Å². The van der Waals surface area contributed by atoms with Crippen molar-refractivity contribution in [2.45, 2.75) is 59.5 Å². The number of carbonyl (C=O) groups excluding carboxylic acids is 1. The van der Waals surface area contributed by atoms with E-state index in [9.17, 15) is 4.79 Å². The molecule has 0 bridgehead atoms. The second-order valence-electron chi connectivity index (χ2n) is 6.00. The van der Waals surface area contributed by atoms with Crippen LogP contribution in [0.3, 0.4) is 0 Å². The van der Waals surface area contributed by atoms with Crippen LogP contribution >= 0.6 is 0 Å². The molecule has 0 spiro atoms. The molecule has 1 N–H and O–H groups in total. The molecule has 0 aromatic carbocycles. The molecule has 0 atom stereocenters. The summed E-state index contributed by atoms with van der Waals surface area (Å²) in [4.78, 5) is 20.0. The van der Waals surface area contributed by atoms with Crippen molar-refractivity contribution in [3.05, 3.63) is 12.7 Å². The first-order valence-corrected chi connectivity index (χ1v) is 6.69. The Kier molecular flexibility index (Phi) is 7.42. The lowest BCUT2D eigenvalue weighted by Gasteiger charge is -2.36. The highest BCUT2D eigenvalue weighted by molar-refractivity contribution is 5.81. The van der Waals surface area contributed by atoms with Gasteiger partial charge in [-0.15, -0.1) is 0 Å². The van der Waals surface area contributed by atoms with E-state index in [-0.39, 0.29) is 12.1 Å². The van der Waals surface area contributed by atoms with E-state index in [0.29, 0.717) is 5.41 Å². The predicted molar refractivity (Wildman–Crippen MR) is 74.8 cm³/mol. The second-order valence-corrected chi connectivity index (χ2v) is 6.00. The van der Waals surface area contributed by atoms with E-state index < -0.39 is 5.97 Å². The fraction of sp³-hybridized carbons (Fsp3) is 0.733. The topological polar surface area (TPSA) is 63.6 Å². The largest absolute Gasteiger partial charge is 0.481 e. The van der Waals surface area contributed by atoms with Crippen LogP contribution in [-0.2, 0) is 14.3 Å². The van der Waals surface area contributed by atoms with Gasteiger partial charge in [-0.2, -0.15) is 0 Å². The van der Waals surface area contributed by atoms with Crippen LogP contribution in [0.5, 0.6) is 0 Å². The number of hydrogen-bond acceptors (Lipinski definition) is 3. The van der Waals surface area contributed by atoms with Gasteiger partial charge >= 0.3 is 5.97 Å². The van der Waals surface area contributed by atoms with Crippen LogP contribution < -0.4 is 0 Å². The molecule has 4 nitrogen and oxygen atoms in total. The minimum absolute atomic E-state index is 0.120. The van der Waals surface area contributed by atoms with Gasteiger partial charge in [-0.25, -0.2) is 4.79 Å². The average molecular weight is 270 g/mol. The van der Waals surface area contributed by atoms with E-state index in [1.807, 2.05) is 0 Å². The third kappa shape index (κ3) is 8.41. The molecule has 1 fully saturated rings. The number of carbonyl (C=O) groups is 2. The van der Waals surface area contributed by atoms with E-state index in [1.54, 1.807) is 0 Å². The molecule has 0 radical (unpaired) electrons. The maximum Gasteiger partial charge on any atom is 0.330 e. The van der Waals surface area contributed by atoms with Crippen molar-refractivity contribution in [1.82, 2.24) is 0 Å². The van der Waals surface area contributed by atoms with Gasteiger partial charge in [0.15, 0.2) is 0 Å². The Bertz CT molecular complexity index is 303. The third-order valence-electron chi connectivity index (χ3n) is 3.35. The Morgan fingerprint density at radius 3 is 1.95 bits per heavy atom. The Morgan fingerprint density at radius 1 is 1.21 bits per heavy atom. The standard InChI is InChI=1S/C13H22O2.C2H4O2/c1-5-12(14)15-11-8-6-10(7-9-11)13(2,3)4;1-2(3)4/h5,10-11H,1,6-9H2,2-4H3;1H3,(H,3,4). The zero-order valence-electron chi connectivity index (χ0n) is 12.4. The number of carboxylic acid groups (broad SMARTS) is 1. The Balaban J connectivity index is 0.000000711. The zero-order valence-corrected chi connectivity index (χ0v) is 12.4. The number of carboxylic acids is 1. The van der Waals surface area contributed by atoms with Crippen LogP contribution in [0.2, 0.25) is 0 Å². The van der Waals surface area contributed by atoms with E-state index in [0.717, 1.165) is 25.7 Å². The quantitative estimate of drug-likeness (QED) is 0.617. The van der Waals surface area contributed by atoms with Crippen molar-refractivity contribution in [1.29, 1.82) is 0 Å². The number of rotatable bonds is 2. The summed E-state index contributed by atoms with van der Waals surface area (Å²) in [6, 6.07) is 0. The fourth-order valence-corrected chi connectivity index (χ4v) is 2.26. The molecule has 1 saturated carbocycles. The maximum absolute atomic E-state index is 11.0. The molecule has 0 unspecified atom stereocenters. The monoisotopic (exact) mass is 270 g/mol. The van der Waals surface area contributed by atoms with Crippen LogP contribution in [0.1, 0.15) is 53.4 Å². The fourth-order valence-electron chi connectivity index (χ4n) is 2.26. The van der Waals surface area contributed by atoms with E-state index in [1.165, 1.54) is 18.9 Å². The smallest absolute Gasteiger partial charge is 0.330 e. The molecule has 110 valence electrons. The second kappa shape index (κ2) is 7.97. The molecule has 4 heteroatoms. The van der Waals surface area contributed by atoms with Gasteiger partial charge in [-0.05, 0) is 37.0 Å². The van der Waals surface area contributed by atoms with E-state index >= 15 is 0 Å². The Hall–Kier alpha value is -1.32. The van der Waals surface area contributed by atoms with Crippen molar-refractivity contribution in [3.8, 4) is 0 Å². The molecule has 0 aliphatic heterocycles.